The third-order valence-electron chi connectivity index (χ3n) is 2.57. The Labute approximate surface area is 117 Å². The molecule has 2 aromatic rings. The molecule has 0 saturated heterocycles. The van der Waals surface area contributed by atoms with Gasteiger partial charge >= 0.3 is 6.18 Å². The smallest absolute Gasteiger partial charge is 0.256 e. The van der Waals surface area contributed by atoms with Crippen molar-refractivity contribution in [2.45, 2.75) is 18.6 Å². The van der Waals surface area contributed by atoms with Crippen molar-refractivity contribution in [1.82, 2.24) is 9.78 Å². The second-order valence-electron chi connectivity index (χ2n) is 3.93. The average Bonchev–Trinajstić information content (AvgIpc) is 2.75. The molecule has 0 amide bonds. The van der Waals surface area contributed by atoms with E-state index in [1.165, 1.54) is 0 Å². The lowest BCUT2D eigenvalue weighted by Gasteiger charge is -2.12. The van der Waals surface area contributed by atoms with Gasteiger partial charge in [-0.2, -0.15) is 18.3 Å². The molecule has 1 heterocycles. The predicted molar refractivity (Wildman–Crippen MR) is 67.3 cm³/mol. The second-order valence-corrected chi connectivity index (χ2v) is 4.64. The van der Waals surface area contributed by atoms with Gasteiger partial charge in [-0.3, -0.25) is 4.68 Å². The molecule has 7 heteroatoms. The van der Waals surface area contributed by atoms with Gasteiger partial charge in [0.15, 0.2) is 0 Å². The number of benzene rings is 1. The summed E-state index contributed by atoms with van der Waals surface area (Å²) in [7, 11) is 0. The molecule has 0 fully saturated rings. The predicted octanol–water partition coefficient (Wildman–Crippen LogP) is 4.34. The molecule has 0 unspecified atom stereocenters. The van der Waals surface area contributed by atoms with Crippen molar-refractivity contribution in [3.05, 3.63) is 52.3 Å². The molecule has 1 aromatic carbocycles. The number of alkyl halides is 4. The molecular formula is C12H9Cl2F3N2. The molecule has 2 nitrogen and oxygen atoms in total. The summed E-state index contributed by atoms with van der Waals surface area (Å²) in [4.78, 5) is 0. The van der Waals surface area contributed by atoms with E-state index in [0.29, 0.717) is 10.6 Å². The first-order valence-corrected chi connectivity index (χ1v) is 6.25. The Balaban J connectivity index is 2.35. The Morgan fingerprint density at radius 2 is 1.79 bits per heavy atom. The molecule has 2 rings (SSSR count). The fraction of sp³-hybridized carbons (Fsp3) is 0.250. The molecule has 0 radical (unpaired) electrons. The van der Waals surface area contributed by atoms with Gasteiger partial charge in [-0.1, -0.05) is 23.7 Å². The van der Waals surface area contributed by atoms with E-state index in [4.69, 9.17) is 23.2 Å². The minimum absolute atomic E-state index is 0.0168. The average molecular weight is 309 g/mol. The summed E-state index contributed by atoms with van der Waals surface area (Å²) >= 11 is 11.2. The lowest BCUT2D eigenvalue weighted by Crippen LogP contribution is -2.17. The molecule has 0 atom stereocenters. The van der Waals surface area contributed by atoms with Gasteiger partial charge in [0.2, 0.25) is 0 Å². The van der Waals surface area contributed by atoms with Crippen LogP contribution in [0.4, 0.5) is 13.2 Å². The van der Waals surface area contributed by atoms with Crippen LogP contribution in [0.5, 0.6) is 0 Å². The SMILES string of the molecule is FC(F)(F)c1c(CCl)cnn1Cc1ccc(Cl)cc1. The number of aromatic nitrogens is 2. The van der Waals surface area contributed by atoms with E-state index in [1.807, 2.05) is 0 Å². The zero-order valence-corrected chi connectivity index (χ0v) is 11.1. The van der Waals surface area contributed by atoms with Crippen LogP contribution in [0.25, 0.3) is 0 Å². The van der Waals surface area contributed by atoms with Crippen molar-refractivity contribution in [3.63, 3.8) is 0 Å². The Kier molecular flexibility index (Phi) is 4.06. The molecule has 1 aromatic heterocycles. The Morgan fingerprint density at radius 1 is 1.16 bits per heavy atom. The normalized spacial score (nSPS) is 11.8. The highest BCUT2D eigenvalue weighted by Crippen LogP contribution is 2.33. The van der Waals surface area contributed by atoms with Crippen LogP contribution in [0.1, 0.15) is 16.8 Å². The Bertz CT molecular complexity index is 561. The van der Waals surface area contributed by atoms with Crippen molar-refractivity contribution in [3.8, 4) is 0 Å². The molecule has 0 aliphatic carbocycles. The highest BCUT2D eigenvalue weighted by molar-refractivity contribution is 6.30. The summed E-state index contributed by atoms with van der Waals surface area (Å²) in [5, 5.41) is 4.28. The van der Waals surface area contributed by atoms with Crippen molar-refractivity contribution < 1.29 is 13.2 Å². The van der Waals surface area contributed by atoms with Crippen molar-refractivity contribution in [2.75, 3.05) is 0 Å². The molecule has 0 spiro atoms. The monoisotopic (exact) mass is 308 g/mol. The van der Waals surface area contributed by atoms with Crippen molar-refractivity contribution >= 4 is 23.2 Å². The standard InChI is InChI=1S/C12H9Cl2F3N2/c13-5-9-6-18-19(11(9)12(15,16)17)7-8-1-3-10(14)4-2-8/h1-4,6H,5,7H2. The minimum atomic E-state index is -4.48. The molecule has 0 bridgehead atoms. The van der Waals surface area contributed by atoms with Crippen LogP contribution in [0, 0.1) is 0 Å². The van der Waals surface area contributed by atoms with E-state index in [9.17, 15) is 13.2 Å². The first-order chi connectivity index (χ1) is 8.91. The fourth-order valence-electron chi connectivity index (χ4n) is 1.73. The van der Waals surface area contributed by atoms with Gasteiger partial charge < -0.3 is 0 Å². The van der Waals surface area contributed by atoms with E-state index in [2.05, 4.69) is 5.10 Å². The van der Waals surface area contributed by atoms with E-state index < -0.39 is 11.9 Å². The van der Waals surface area contributed by atoms with Crippen LogP contribution >= 0.6 is 23.2 Å². The maximum Gasteiger partial charge on any atom is 0.433 e. The number of nitrogens with zero attached hydrogens (tertiary/aromatic N) is 2. The summed E-state index contributed by atoms with van der Waals surface area (Å²) in [6.45, 7) is 0.0168. The zero-order valence-electron chi connectivity index (χ0n) is 9.59. The molecule has 0 aliphatic rings. The van der Waals surface area contributed by atoms with E-state index in [1.54, 1.807) is 24.3 Å². The summed E-state index contributed by atoms with van der Waals surface area (Å²) in [5.74, 6) is -0.227. The molecular weight excluding hydrogens is 300 g/mol. The van der Waals surface area contributed by atoms with Gasteiger partial charge in [-0.15, -0.1) is 11.6 Å². The first-order valence-electron chi connectivity index (χ1n) is 5.34. The van der Waals surface area contributed by atoms with Gasteiger partial charge in [0, 0.05) is 10.6 Å². The topological polar surface area (TPSA) is 17.8 Å². The van der Waals surface area contributed by atoms with Crippen LogP contribution in [0.3, 0.4) is 0 Å². The van der Waals surface area contributed by atoms with Crippen LogP contribution in [0.2, 0.25) is 5.02 Å². The van der Waals surface area contributed by atoms with Crippen molar-refractivity contribution in [1.29, 1.82) is 0 Å². The fourth-order valence-corrected chi connectivity index (χ4v) is 2.05. The quantitative estimate of drug-likeness (QED) is 0.771. The van der Waals surface area contributed by atoms with Crippen molar-refractivity contribution in [2.24, 2.45) is 0 Å². The van der Waals surface area contributed by atoms with E-state index in [0.717, 1.165) is 10.9 Å². The van der Waals surface area contributed by atoms with Gasteiger partial charge in [-0.05, 0) is 17.7 Å². The molecule has 19 heavy (non-hydrogen) atoms. The van der Waals surface area contributed by atoms with Crippen LogP contribution in [0.15, 0.2) is 30.5 Å². The summed E-state index contributed by atoms with van der Waals surface area (Å²) in [6, 6.07) is 6.56. The number of halogens is 5. The Morgan fingerprint density at radius 3 is 2.32 bits per heavy atom. The van der Waals surface area contributed by atoms with Gasteiger partial charge in [0.25, 0.3) is 0 Å². The van der Waals surface area contributed by atoms with Gasteiger partial charge in [0.05, 0.1) is 18.6 Å². The summed E-state index contributed by atoms with van der Waals surface area (Å²) < 4.78 is 39.8. The largest absolute Gasteiger partial charge is 0.433 e. The second kappa shape index (κ2) is 5.43. The zero-order chi connectivity index (χ0) is 14.0. The lowest BCUT2D eigenvalue weighted by atomic mass is 10.2. The third-order valence-corrected chi connectivity index (χ3v) is 3.11. The molecule has 0 saturated carbocycles. The number of hydrogen-bond donors (Lipinski definition) is 0. The number of rotatable bonds is 3. The maximum atomic E-state index is 13.0. The lowest BCUT2D eigenvalue weighted by molar-refractivity contribution is -0.144. The number of hydrogen-bond acceptors (Lipinski definition) is 1. The summed E-state index contributed by atoms with van der Waals surface area (Å²) in [6.07, 6.45) is -3.33. The van der Waals surface area contributed by atoms with Crippen LogP contribution in [-0.2, 0) is 18.6 Å². The van der Waals surface area contributed by atoms with Crippen LogP contribution < -0.4 is 0 Å². The third kappa shape index (κ3) is 3.22. The van der Waals surface area contributed by atoms with Gasteiger partial charge in [0.1, 0.15) is 5.69 Å². The highest BCUT2D eigenvalue weighted by Gasteiger charge is 2.37. The first kappa shape index (κ1) is 14.2. The molecule has 0 N–H and O–H groups in total. The molecule has 0 aliphatic heterocycles. The van der Waals surface area contributed by atoms with Crippen LogP contribution in [-0.4, -0.2) is 9.78 Å². The minimum Gasteiger partial charge on any atom is -0.256 e. The molecule has 102 valence electrons. The van der Waals surface area contributed by atoms with Gasteiger partial charge in [-0.25, -0.2) is 0 Å². The van der Waals surface area contributed by atoms with E-state index in [-0.39, 0.29) is 18.0 Å². The van der Waals surface area contributed by atoms with E-state index >= 15 is 0 Å². The Hall–Kier alpha value is -1.20. The highest BCUT2D eigenvalue weighted by atomic mass is 35.5. The summed E-state index contributed by atoms with van der Waals surface area (Å²) in [5.41, 5.74) is -0.153. The maximum absolute atomic E-state index is 13.0.